The fourth-order valence-electron chi connectivity index (χ4n) is 1.64. The molecule has 0 aliphatic heterocycles. The van der Waals surface area contributed by atoms with E-state index in [9.17, 15) is 44.6 Å². The van der Waals surface area contributed by atoms with Gasteiger partial charge < -0.3 is 15.3 Å². The Morgan fingerprint density at radius 1 is 0.852 bits per heavy atom. The van der Waals surface area contributed by atoms with E-state index in [1.165, 1.54) is 0 Å². The number of nitrogens with zero attached hydrogens (tertiary/aromatic N) is 4. The van der Waals surface area contributed by atoms with E-state index < -0.39 is 58.8 Å². The fourth-order valence-corrected chi connectivity index (χ4v) is 1.64. The van der Waals surface area contributed by atoms with E-state index in [1.807, 2.05) is 0 Å². The van der Waals surface area contributed by atoms with Crippen LogP contribution in [0.1, 0.15) is 24.2 Å². The predicted octanol–water partition coefficient (Wildman–Crippen LogP) is 2.92. The first kappa shape index (κ1) is 20.7. The maximum absolute atomic E-state index is 12.9. The van der Waals surface area contributed by atoms with Crippen molar-refractivity contribution in [3.8, 4) is 11.6 Å². The van der Waals surface area contributed by atoms with Crippen LogP contribution in [0.2, 0.25) is 0 Å². The third-order valence-electron chi connectivity index (χ3n) is 3.06. The van der Waals surface area contributed by atoms with Gasteiger partial charge in [-0.3, -0.25) is 0 Å². The normalized spacial score (nSPS) is 15.7. The van der Waals surface area contributed by atoms with Crippen molar-refractivity contribution >= 4 is 5.82 Å². The van der Waals surface area contributed by atoms with Gasteiger partial charge >= 0.3 is 18.5 Å². The van der Waals surface area contributed by atoms with Crippen molar-refractivity contribution in [1.29, 1.82) is 0 Å². The Morgan fingerprint density at radius 3 is 1.78 bits per heavy atom. The number of rotatable bonds is 2. The topological polar surface area (TPSA) is 111 Å². The first-order chi connectivity index (χ1) is 12.0. The molecule has 0 saturated heterocycles. The molecule has 3 N–H and O–H groups in total. The highest BCUT2D eigenvalue weighted by atomic mass is 19.4. The van der Waals surface area contributed by atoms with Gasteiger partial charge in [0.2, 0.25) is 5.60 Å². The summed E-state index contributed by atoms with van der Waals surface area (Å²) in [5.41, 5.74) is -4.80. The monoisotopic (exact) mass is 411 g/mol. The molecular weight excluding hydrogens is 405 g/mol. The minimum atomic E-state index is -5.64. The SMILES string of the molecule is C[C@@](O)(c1nnc(-c2nc(C(F)(F)F)c(C(F)(F)F)nc2N)o1)C(F)(F)F. The number of hydrogen-bond acceptors (Lipinski definition) is 7. The molecule has 27 heavy (non-hydrogen) atoms. The van der Waals surface area contributed by atoms with Crippen molar-refractivity contribution in [2.24, 2.45) is 0 Å². The van der Waals surface area contributed by atoms with Crippen molar-refractivity contribution in [2.45, 2.75) is 31.1 Å². The van der Waals surface area contributed by atoms with E-state index in [0.29, 0.717) is 0 Å². The molecule has 2 aromatic rings. The van der Waals surface area contributed by atoms with Crippen molar-refractivity contribution < 1.29 is 49.0 Å². The summed E-state index contributed by atoms with van der Waals surface area (Å²) in [5.74, 6) is -3.98. The second kappa shape index (κ2) is 5.93. The molecule has 2 rings (SSSR count). The van der Waals surface area contributed by atoms with E-state index in [1.54, 1.807) is 0 Å². The Bertz CT molecular complexity index is 853. The molecule has 0 radical (unpaired) electrons. The summed E-state index contributed by atoms with van der Waals surface area (Å²) in [6.07, 6.45) is -16.5. The van der Waals surface area contributed by atoms with Crippen molar-refractivity contribution in [2.75, 3.05) is 5.73 Å². The molecule has 0 aliphatic rings. The third-order valence-corrected chi connectivity index (χ3v) is 3.06. The molecule has 0 aromatic carbocycles. The second-order valence-corrected chi connectivity index (χ2v) is 5.13. The van der Waals surface area contributed by atoms with E-state index in [-0.39, 0.29) is 6.92 Å². The van der Waals surface area contributed by atoms with Gasteiger partial charge in [-0.1, -0.05) is 0 Å². The Balaban J connectivity index is 2.65. The average molecular weight is 411 g/mol. The molecule has 0 saturated carbocycles. The van der Waals surface area contributed by atoms with Crippen LogP contribution in [0.5, 0.6) is 0 Å². The maximum atomic E-state index is 12.9. The number of nitrogen functional groups attached to an aromatic ring is 1. The zero-order valence-electron chi connectivity index (χ0n) is 12.6. The van der Waals surface area contributed by atoms with Gasteiger partial charge in [-0.15, -0.1) is 10.2 Å². The van der Waals surface area contributed by atoms with Crippen molar-refractivity contribution in [1.82, 2.24) is 20.2 Å². The van der Waals surface area contributed by atoms with Gasteiger partial charge in [0.1, 0.15) is 0 Å². The lowest BCUT2D eigenvalue weighted by molar-refractivity contribution is -0.266. The van der Waals surface area contributed by atoms with Crippen molar-refractivity contribution in [3.63, 3.8) is 0 Å². The number of nitrogens with two attached hydrogens (primary N) is 1. The molecule has 0 fully saturated rings. The summed E-state index contributed by atoms with van der Waals surface area (Å²) in [6.45, 7) is 0.202. The van der Waals surface area contributed by atoms with Gasteiger partial charge in [-0.05, 0) is 6.92 Å². The minimum Gasteiger partial charge on any atom is -0.416 e. The highest BCUT2D eigenvalue weighted by Crippen LogP contribution is 2.41. The number of hydrogen-bond donors (Lipinski definition) is 2. The molecule has 0 bridgehead atoms. The van der Waals surface area contributed by atoms with Gasteiger partial charge in [-0.25, -0.2) is 9.97 Å². The van der Waals surface area contributed by atoms with Crippen LogP contribution in [0, 0.1) is 0 Å². The number of aliphatic hydroxyl groups is 1. The standard InChI is InChI=1S/C11H6F9N5O2/c1-8(26,11(18,19)20)7-25-24-6(27-7)2-5(21)23-4(10(15,16)17)3(22-2)9(12,13)14/h26H,1H3,(H2,21,23)/t8-/m1/s1. The molecule has 0 spiro atoms. The highest BCUT2D eigenvalue weighted by molar-refractivity contribution is 5.62. The largest absolute Gasteiger partial charge is 0.435 e. The van der Waals surface area contributed by atoms with Crippen molar-refractivity contribution in [3.05, 3.63) is 17.3 Å². The maximum Gasteiger partial charge on any atom is 0.435 e. The first-order valence-electron chi connectivity index (χ1n) is 6.41. The van der Waals surface area contributed by atoms with E-state index >= 15 is 0 Å². The van der Waals surface area contributed by atoms with Gasteiger partial charge in [-0.2, -0.15) is 39.5 Å². The lowest BCUT2D eigenvalue weighted by Crippen LogP contribution is -2.39. The first-order valence-corrected chi connectivity index (χ1v) is 6.41. The Labute approximate surface area is 142 Å². The van der Waals surface area contributed by atoms with Gasteiger partial charge in [0, 0.05) is 0 Å². The lowest BCUT2D eigenvalue weighted by atomic mass is 10.1. The zero-order chi connectivity index (χ0) is 21.0. The summed E-state index contributed by atoms with van der Waals surface area (Å²) < 4.78 is 119. The van der Waals surface area contributed by atoms with Crippen LogP contribution in [-0.4, -0.2) is 31.4 Å². The summed E-state index contributed by atoms with van der Waals surface area (Å²) >= 11 is 0. The highest BCUT2D eigenvalue weighted by Gasteiger charge is 2.55. The average Bonchev–Trinajstić information content (AvgIpc) is 2.93. The molecule has 0 unspecified atom stereocenters. The quantitative estimate of drug-likeness (QED) is 0.731. The van der Waals surface area contributed by atoms with Gasteiger partial charge in [0.25, 0.3) is 11.8 Å². The van der Waals surface area contributed by atoms with Gasteiger partial charge in [0.05, 0.1) is 0 Å². The lowest BCUT2D eigenvalue weighted by Gasteiger charge is -2.21. The van der Waals surface area contributed by atoms with Crippen LogP contribution >= 0.6 is 0 Å². The van der Waals surface area contributed by atoms with Gasteiger partial charge in [0.15, 0.2) is 22.9 Å². The third kappa shape index (κ3) is 3.74. The Morgan fingerprint density at radius 2 is 1.33 bits per heavy atom. The smallest absolute Gasteiger partial charge is 0.416 e. The number of anilines is 1. The number of alkyl halides is 9. The summed E-state index contributed by atoms with van der Waals surface area (Å²) in [6, 6.07) is 0. The molecule has 7 nitrogen and oxygen atoms in total. The molecule has 2 aromatic heterocycles. The van der Waals surface area contributed by atoms with Crippen LogP contribution < -0.4 is 5.73 Å². The van der Waals surface area contributed by atoms with Crippen LogP contribution in [0.3, 0.4) is 0 Å². The van der Waals surface area contributed by atoms with E-state index in [2.05, 4.69) is 24.6 Å². The van der Waals surface area contributed by atoms with E-state index in [0.717, 1.165) is 0 Å². The molecule has 16 heteroatoms. The minimum absolute atomic E-state index is 0.202. The van der Waals surface area contributed by atoms with Crippen LogP contribution in [0.4, 0.5) is 45.3 Å². The zero-order valence-corrected chi connectivity index (χ0v) is 12.6. The number of aromatic nitrogens is 4. The summed E-state index contributed by atoms with van der Waals surface area (Å²) in [5, 5.41) is 15.1. The molecule has 0 aliphatic carbocycles. The van der Waals surface area contributed by atoms with Crippen LogP contribution in [0.25, 0.3) is 11.6 Å². The predicted molar refractivity (Wildman–Crippen MR) is 65.4 cm³/mol. The molecule has 0 amide bonds. The molecule has 1 atom stereocenters. The molecule has 2 heterocycles. The van der Waals surface area contributed by atoms with Crippen LogP contribution in [-0.2, 0) is 18.0 Å². The van der Waals surface area contributed by atoms with E-state index in [4.69, 9.17) is 5.73 Å². The second-order valence-electron chi connectivity index (χ2n) is 5.13. The number of halogens is 9. The van der Waals surface area contributed by atoms with Crippen LogP contribution in [0.15, 0.2) is 4.42 Å². The fraction of sp³-hybridized carbons (Fsp3) is 0.455. The summed E-state index contributed by atoms with van der Waals surface area (Å²) in [4.78, 5) is 5.21. The summed E-state index contributed by atoms with van der Waals surface area (Å²) in [7, 11) is 0. The molecular formula is C11H6F9N5O2. The Hall–Kier alpha value is -2.65. The Kier molecular flexibility index (Phi) is 4.54. The molecule has 150 valence electrons.